The van der Waals surface area contributed by atoms with Gasteiger partial charge in [0.15, 0.2) is 0 Å². The fourth-order valence-corrected chi connectivity index (χ4v) is 1.58. The Morgan fingerprint density at radius 2 is 2.11 bits per heavy atom. The quantitative estimate of drug-likeness (QED) is 0.808. The average Bonchev–Trinajstić information content (AvgIpc) is 2.38. The van der Waals surface area contributed by atoms with Gasteiger partial charge in [-0.15, -0.1) is 0 Å². The molecular formula is C13H12N2O3. The Balaban J connectivity index is 2.32. The molecule has 0 bridgehead atoms. The number of benzene rings is 1. The summed E-state index contributed by atoms with van der Waals surface area (Å²) in [7, 11) is 0. The molecule has 0 spiro atoms. The van der Waals surface area contributed by atoms with E-state index >= 15 is 0 Å². The predicted molar refractivity (Wildman–Crippen MR) is 67.2 cm³/mol. The monoisotopic (exact) mass is 244 g/mol. The van der Waals surface area contributed by atoms with E-state index < -0.39 is 17.8 Å². The second-order valence-electron chi connectivity index (χ2n) is 3.95. The first-order valence-corrected chi connectivity index (χ1v) is 5.46. The molecule has 5 nitrogen and oxygen atoms in total. The first-order chi connectivity index (χ1) is 8.59. The Hall–Kier alpha value is -2.43. The van der Waals surface area contributed by atoms with E-state index in [4.69, 9.17) is 5.11 Å². The number of carbonyl (C=O) groups is 2. The number of carboxylic acid groups (broad SMARTS) is 1. The molecule has 1 amide bonds. The molecule has 1 unspecified atom stereocenters. The van der Waals surface area contributed by atoms with Crippen LogP contribution in [0.5, 0.6) is 0 Å². The minimum Gasteiger partial charge on any atom is -0.481 e. The van der Waals surface area contributed by atoms with Gasteiger partial charge in [-0.2, -0.15) is 0 Å². The van der Waals surface area contributed by atoms with Gasteiger partial charge < -0.3 is 10.4 Å². The topological polar surface area (TPSA) is 79.3 Å². The van der Waals surface area contributed by atoms with Crippen molar-refractivity contribution >= 4 is 28.3 Å². The lowest BCUT2D eigenvalue weighted by atomic mass is 10.1. The molecule has 2 rings (SSSR count). The maximum Gasteiger partial charge on any atom is 0.315 e. The zero-order chi connectivity index (χ0) is 13.1. The van der Waals surface area contributed by atoms with Crippen LogP contribution in [0.25, 0.3) is 10.8 Å². The summed E-state index contributed by atoms with van der Waals surface area (Å²) in [5.74, 6) is -2.76. The summed E-state index contributed by atoms with van der Waals surface area (Å²) in [5.41, 5.74) is 0.591. The van der Waals surface area contributed by atoms with E-state index in [9.17, 15) is 9.59 Å². The summed E-state index contributed by atoms with van der Waals surface area (Å²) in [6.07, 6.45) is 3.31. The van der Waals surface area contributed by atoms with Crippen molar-refractivity contribution in [1.82, 2.24) is 4.98 Å². The summed E-state index contributed by atoms with van der Waals surface area (Å²) in [5, 5.41) is 13.1. The number of pyridine rings is 1. The van der Waals surface area contributed by atoms with Crippen LogP contribution in [-0.4, -0.2) is 22.0 Å². The average molecular weight is 244 g/mol. The number of carboxylic acids is 1. The zero-order valence-corrected chi connectivity index (χ0v) is 9.75. The molecule has 92 valence electrons. The van der Waals surface area contributed by atoms with E-state index in [0.29, 0.717) is 5.69 Å². The highest BCUT2D eigenvalue weighted by molar-refractivity contribution is 6.08. The second kappa shape index (κ2) is 4.83. The number of nitrogens with zero attached hydrogens (tertiary/aromatic N) is 1. The normalized spacial score (nSPS) is 12.1. The highest BCUT2D eigenvalue weighted by Gasteiger charge is 2.20. The van der Waals surface area contributed by atoms with Gasteiger partial charge in [0.05, 0.1) is 0 Å². The Kier molecular flexibility index (Phi) is 3.23. The smallest absolute Gasteiger partial charge is 0.315 e. The molecule has 1 heterocycles. The Bertz CT molecular complexity index is 605. The molecule has 1 atom stereocenters. The molecule has 2 N–H and O–H groups in total. The first kappa shape index (κ1) is 12.0. The van der Waals surface area contributed by atoms with Crippen molar-refractivity contribution in [3.63, 3.8) is 0 Å². The summed E-state index contributed by atoms with van der Waals surface area (Å²) in [6, 6.07) is 7.16. The van der Waals surface area contributed by atoms with Gasteiger partial charge in [-0.3, -0.25) is 14.6 Å². The molecule has 0 aliphatic carbocycles. The van der Waals surface area contributed by atoms with Crippen LogP contribution in [0.3, 0.4) is 0 Å². The fourth-order valence-electron chi connectivity index (χ4n) is 1.58. The van der Waals surface area contributed by atoms with Gasteiger partial charge >= 0.3 is 5.97 Å². The van der Waals surface area contributed by atoms with Gasteiger partial charge in [0.2, 0.25) is 5.91 Å². The Morgan fingerprint density at radius 3 is 2.83 bits per heavy atom. The van der Waals surface area contributed by atoms with Crippen molar-refractivity contribution in [2.45, 2.75) is 6.92 Å². The van der Waals surface area contributed by atoms with Crippen LogP contribution in [-0.2, 0) is 9.59 Å². The standard InChI is InChI=1S/C13H12N2O3/c1-8(13(17)18)12(16)15-11-4-2-3-9-7-14-6-5-10(9)11/h2-8H,1H3,(H,15,16)(H,17,18). The molecule has 2 aromatic rings. The third-order valence-corrected chi connectivity index (χ3v) is 2.70. The van der Waals surface area contributed by atoms with E-state index in [1.807, 2.05) is 6.07 Å². The van der Waals surface area contributed by atoms with Crippen molar-refractivity contribution in [2.24, 2.45) is 5.92 Å². The Morgan fingerprint density at radius 1 is 1.33 bits per heavy atom. The van der Waals surface area contributed by atoms with Gasteiger partial charge in [0.1, 0.15) is 5.92 Å². The van der Waals surface area contributed by atoms with Crippen LogP contribution in [0, 0.1) is 5.92 Å². The van der Waals surface area contributed by atoms with Gasteiger partial charge in [-0.25, -0.2) is 0 Å². The van der Waals surface area contributed by atoms with E-state index in [1.165, 1.54) is 6.92 Å². The maximum atomic E-state index is 11.7. The lowest BCUT2D eigenvalue weighted by Gasteiger charge is -2.10. The van der Waals surface area contributed by atoms with Crippen molar-refractivity contribution in [3.05, 3.63) is 36.7 Å². The fraction of sp³-hybridized carbons (Fsp3) is 0.154. The molecule has 0 saturated carbocycles. The number of aliphatic carboxylic acids is 1. The molecule has 0 saturated heterocycles. The third kappa shape index (κ3) is 2.29. The van der Waals surface area contributed by atoms with Crippen LogP contribution >= 0.6 is 0 Å². The Labute approximate surface area is 103 Å². The predicted octanol–water partition coefficient (Wildman–Crippen LogP) is 1.89. The summed E-state index contributed by atoms with van der Waals surface area (Å²) in [4.78, 5) is 26.4. The molecule has 0 fully saturated rings. The first-order valence-electron chi connectivity index (χ1n) is 5.46. The number of amides is 1. The van der Waals surface area contributed by atoms with E-state index in [0.717, 1.165) is 10.8 Å². The maximum absolute atomic E-state index is 11.7. The SMILES string of the molecule is CC(C(=O)O)C(=O)Nc1cccc2cnccc12. The molecule has 0 aliphatic heterocycles. The van der Waals surface area contributed by atoms with Crippen molar-refractivity contribution in [1.29, 1.82) is 0 Å². The highest BCUT2D eigenvalue weighted by atomic mass is 16.4. The molecule has 18 heavy (non-hydrogen) atoms. The van der Waals surface area contributed by atoms with E-state index in [-0.39, 0.29) is 0 Å². The number of rotatable bonds is 3. The number of fused-ring (bicyclic) bond motifs is 1. The number of nitrogens with one attached hydrogen (secondary N) is 1. The molecule has 1 aromatic heterocycles. The lowest BCUT2D eigenvalue weighted by molar-refractivity contribution is -0.144. The van der Waals surface area contributed by atoms with Crippen LogP contribution in [0.15, 0.2) is 36.7 Å². The lowest BCUT2D eigenvalue weighted by Crippen LogP contribution is -2.26. The van der Waals surface area contributed by atoms with Crippen LogP contribution in [0.4, 0.5) is 5.69 Å². The molecule has 0 radical (unpaired) electrons. The summed E-state index contributed by atoms with van der Waals surface area (Å²) in [6.45, 7) is 1.35. The molecule has 5 heteroatoms. The van der Waals surface area contributed by atoms with Crippen molar-refractivity contribution in [2.75, 3.05) is 5.32 Å². The van der Waals surface area contributed by atoms with E-state index in [2.05, 4.69) is 10.3 Å². The van der Waals surface area contributed by atoms with Crippen molar-refractivity contribution < 1.29 is 14.7 Å². The highest BCUT2D eigenvalue weighted by Crippen LogP contribution is 2.22. The second-order valence-corrected chi connectivity index (χ2v) is 3.95. The van der Waals surface area contributed by atoms with Gasteiger partial charge in [-0.05, 0) is 19.1 Å². The van der Waals surface area contributed by atoms with Gasteiger partial charge in [0, 0.05) is 28.9 Å². The van der Waals surface area contributed by atoms with Crippen LogP contribution in [0.1, 0.15) is 6.92 Å². The summed E-state index contributed by atoms with van der Waals surface area (Å²) >= 11 is 0. The summed E-state index contributed by atoms with van der Waals surface area (Å²) < 4.78 is 0. The minimum atomic E-state index is -1.14. The largest absolute Gasteiger partial charge is 0.481 e. The number of anilines is 1. The third-order valence-electron chi connectivity index (χ3n) is 2.70. The molecule has 1 aromatic carbocycles. The van der Waals surface area contributed by atoms with Gasteiger partial charge in [-0.1, -0.05) is 12.1 Å². The molecular weight excluding hydrogens is 232 g/mol. The number of hydrogen-bond acceptors (Lipinski definition) is 3. The minimum absolute atomic E-state index is 0.535. The van der Waals surface area contributed by atoms with E-state index in [1.54, 1.807) is 30.6 Å². The van der Waals surface area contributed by atoms with Crippen molar-refractivity contribution in [3.8, 4) is 0 Å². The number of carbonyl (C=O) groups excluding carboxylic acids is 1. The van der Waals surface area contributed by atoms with Crippen LogP contribution in [0.2, 0.25) is 0 Å². The molecule has 0 aliphatic rings. The van der Waals surface area contributed by atoms with Gasteiger partial charge in [0.25, 0.3) is 0 Å². The van der Waals surface area contributed by atoms with Crippen LogP contribution < -0.4 is 5.32 Å². The zero-order valence-electron chi connectivity index (χ0n) is 9.75. The number of hydrogen-bond donors (Lipinski definition) is 2. The number of aromatic nitrogens is 1.